The van der Waals surface area contributed by atoms with Crippen LogP contribution in [0.3, 0.4) is 0 Å². The van der Waals surface area contributed by atoms with Crippen molar-refractivity contribution >= 4 is 17.8 Å². The van der Waals surface area contributed by atoms with E-state index in [1.165, 1.54) is 17.0 Å². The highest BCUT2D eigenvalue weighted by molar-refractivity contribution is 5.92. The first-order valence-electron chi connectivity index (χ1n) is 9.56. The van der Waals surface area contributed by atoms with Crippen LogP contribution in [0.1, 0.15) is 38.7 Å². The molecule has 1 heterocycles. The van der Waals surface area contributed by atoms with E-state index >= 15 is 0 Å². The molecule has 1 aromatic carbocycles. The Morgan fingerprint density at radius 2 is 1.89 bits per heavy atom. The number of nitrogens with one attached hydrogen (secondary N) is 1. The van der Waals surface area contributed by atoms with Gasteiger partial charge >= 0.3 is 5.97 Å². The van der Waals surface area contributed by atoms with Crippen LogP contribution in [-0.4, -0.2) is 57.6 Å². The highest BCUT2D eigenvalue weighted by atomic mass is 16.4. The Morgan fingerprint density at radius 3 is 2.46 bits per heavy atom. The number of likely N-dealkylation sites (tertiary alicyclic amines) is 1. The van der Waals surface area contributed by atoms with E-state index in [0.29, 0.717) is 25.8 Å². The van der Waals surface area contributed by atoms with E-state index in [1.807, 2.05) is 13.8 Å². The first-order chi connectivity index (χ1) is 13.2. The molecule has 8 nitrogen and oxygen atoms in total. The number of carboxylic acid groups (broad SMARTS) is 1. The van der Waals surface area contributed by atoms with Gasteiger partial charge < -0.3 is 26.2 Å². The summed E-state index contributed by atoms with van der Waals surface area (Å²) in [6.07, 6.45) is 1.71. The third-order valence-electron chi connectivity index (χ3n) is 4.87. The van der Waals surface area contributed by atoms with E-state index in [1.54, 1.807) is 12.1 Å². The number of nitrogens with zero attached hydrogens (tertiary/aromatic N) is 1. The number of hydrogen-bond acceptors (Lipinski definition) is 5. The summed E-state index contributed by atoms with van der Waals surface area (Å²) in [6.45, 7) is 4.24. The summed E-state index contributed by atoms with van der Waals surface area (Å²) in [5.74, 6) is -1.59. The maximum Gasteiger partial charge on any atom is 0.326 e. The average Bonchev–Trinajstić information content (AvgIpc) is 3.12. The zero-order chi connectivity index (χ0) is 20.8. The number of carbonyl (C=O) groups excluding carboxylic acids is 2. The molecule has 0 aliphatic carbocycles. The topological polar surface area (TPSA) is 133 Å². The van der Waals surface area contributed by atoms with E-state index in [4.69, 9.17) is 5.73 Å². The Labute approximate surface area is 164 Å². The van der Waals surface area contributed by atoms with Crippen molar-refractivity contribution in [3.05, 3.63) is 29.8 Å². The molecule has 5 N–H and O–H groups in total. The molecular formula is C20H29N3O5. The normalized spacial score (nSPS) is 18.7. The second kappa shape index (κ2) is 9.54. The summed E-state index contributed by atoms with van der Waals surface area (Å²) in [6, 6.07) is 3.89. The number of hydrogen-bond donors (Lipinski definition) is 4. The highest BCUT2D eigenvalue weighted by Crippen LogP contribution is 2.20. The fourth-order valence-corrected chi connectivity index (χ4v) is 3.44. The predicted octanol–water partition coefficient (Wildman–Crippen LogP) is 0.869. The van der Waals surface area contributed by atoms with Crippen LogP contribution in [0.4, 0.5) is 0 Å². The van der Waals surface area contributed by atoms with Gasteiger partial charge in [0.05, 0.1) is 6.04 Å². The molecule has 2 rings (SSSR count). The number of phenols is 1. The zero-order valence-electron chi connectivity index (χ0n) is 16.3. The molecule has 3 unspecified atom stereocenters. The lowest BCUT2D eigenvalue weighted by atomic mass is 10.0. The van der Waals surface area contributed by atoms with Crippen molar-refractivity contribution in [2.75, 3.05) is 6.54 Å². The molecule has 1 fully saturated rings. The molecular weight excluding hydrogens is 362 g/mol. The number of phenolic OH excluding ortho intramolecular Hbond substituents is 1. The number of benzene rings is 1. The van der Waals surface area contributed by atoms with Crippen LogP contribution < -0.4 is 11.1 Å². The number of carboxylic acids is 1. The molecule has 1 saturated heterocycles. The number of carbonyl (C=O) groups is 3. The van der Waals surface area contributed by atoms with Crippen LogP contribution in [0.15, 0.2) is 24.3 Å². The molecule has 1 aliphatic heterocycles. The van der Waals surface area contributed by atoms with Gasteiger partial charge in [-0.2, -0.15) is 0 Å². The largest absolute Gasteiger partial charge is 0.508 e. The number of rotatable bonds is 8. The van der Waals surface area contributed by atoms with Gasteiger partial charge in [-0.25, -0.2) is 4.79 Å². The van der Waals surface area contributed by atoms with Crippen molar-refractivity contribution in [1.29, 1.82) is 0 Å². The summed E-state index contributed by atoms with van der Waals surface area (Å²) < 4.78 is 0. The molecule has 154 valence electrons. The Morgan fingerprint density at radius 1 is 1.25 bits per heavy atom. The van der Waals surface area contributed by atoms with E-state index in [9.17, 15) is 24.6 Å². The summed E-state index contributed by atoms with van der Waals surface area (Å²) in [4.78, 5) is 38.2. The number of aliphatic carboxylic acids is 1. The SMILES string of the molecule is CC(C)CC(NC(=O)C(N)Cc1ccc(O)cc1)C(=O)N1CCCC1C(=O)O. The number of aromatic hydroxyl groups is 1. The standard InChI is InChI=1S/C20H29N3O5/c1-12(2)10-16(19(26)23-9-3-4-17(23)20(27)28)22-18(25)15(21)11-13-5-7-14(24)8-6-13/h5-8,12,15-17,24H,3-4,9-11,21H2,1-2H3,(H,22,25)(H,27,28). The monoisotopic (exact) mass is 391 g/mol. The number of nitrogens with two attached hydrogens (primary N) is 1. The lowest BCUT2D eigenvalue weighted by Gasteiger charge is -2.29. The summed E-state index contributed by atoms with van der Waals surface area (Å²) in [5.41, 5.74) is 6.79. The van der Waals surface area contributed by atoms with Gasteiger partial charge in [0.2, 0.25) is 11.8 Å². The van der Waals surface area contributed by atoms with Gasteiger partial charge in [-0.05, 0) is 49.3 Å². The quantitative estimate of drug-likeness (QED) is 0.520. The second-order valence-corrected chi connectivity index (χ2v) is 7.70. The summed E-state index contributed by atoms with van der Waals surface area (Å²) in [7, 11) is 0. The molecule has 28 heavy (non-hydrogen) atoms. The van der Waals surface area contributed by atoms with Crippen LogP contribution >= 0.6 is 0 Å². The van der Waals surface area contributed by atoms with Crippen molar-refractivity contribution in [1.82, 2.24) is 10.2 Å². The molecule has 0 saturated carbocycles. The predicted molar refractivity (Wildman–Crippen MR) is 104 cm³/mol. The van der Waals surface area contributed by atoms with Gasteiger partial charge in [0.25, 0.3) is 0 Å². The Hall–Kier alpha value is -2.61. The second-order valence-electron chi connectivity index (χ2n) is 7.70. The van der Waals surface area contributed by atoms with Crippen molar-refractivity contribution in [3.63, 3.8) is 0 Å². The molecule has 0 radical (unpaired) electrons. The first kappa shape index (κ1) is 21.7. The van der Waals surface area contributed by atoms with Crippen molar-refractivity contribution in [2.45, 2.75) is 57.7 Å². The van der Waals surface area contributed by atoms with Crippen molar-refractivity contribution in [3.8, 4) is 5.75 Å². The Balaban J connectivity index is 2.05. The highest BCUT2D eigenvalue weighted by Gasteiger charge is 2.38. The molecule has 1 aromatic rings. The Bertz CT molecular complexity index is 704. The third-order valence-corrected chi connectivity index (χ3v) is 4.87. The van der Waals surface area contributed by atoms with Gasteiger partial charge in [0.15, 0.2) is 0 Å². The van der Waals surface area contributed by atoms with Crippen LogP contribution in [0.2, 0.25) is 0 Å². The third kappa shape index (κ3) is 5.69. The molecule has 2 amide bonds. The molecule has 0 spiro atoms. The molecule has 8 heteroatoms. The van der Waals surface area contributed by atoms with Crippen LogP contribution in [0.25, 0.3) is 0 Å². The zero-order valence-corrected chi connectivity index (χ0v) is 16.3. The smallest absolute Gasteiger partial charge is 0.326 e. The van der Waals surface area contributed by atoms with Crippen LogP contribution in [0, 0.1) is 5.92 Å². The summed E-state index contributed by atoms with van der Waals surface area (Å²) in [5, 5.41) is 21.4. The van der Waals surface area contributed by atoms with Crippen molar-refractivity contribution < 1.29 is 24.6 Å². The van der Waals surface area contributed by atoms with Gasteiger partial charge in [0.1, 0.15) is 17.8 Å². The van der Waals surface area contributed by atoms with Gasteiger partial charge in [-0.3, -0.25) is 9.59 Å². The van der Waals surface area contributed by atoms with Crippen LogP contribution in [0.5, 0.6) is 5.75 Å². The average molecular weight is 391 g/mol. The summed E-state index contributed by atoms with van der Waals surface area (Å²) >= 11 is 0. The Kier molecular flexibility index (Phi) is 7.39. The lowest BCUT2D eigenvalue weighted by Crippen LogP contribution is -2.55. The van der Waals surface area contributed by atoms with Gasteiger partial charge in [-0.1, -0.05) is 26.0 Å². The maximum atomic E-state index is 12.9. The molecule has 1 aliphatic rings. The van der Waals surface area contributed by atoms with E-state index in [0.717, 1.165) is 5.56 Å². The molecule has 0 bridgehead atoms. The van der Waals surface area contributed by atoms with E-state index in [2.05, 4.69) is 5.32 Å². The minimum Gasteiger partial charge on any atom is -0.508 e. The first-order valence-corrected chi connectivity index (χ1v) is 9.56. The van der Waals surface area contributed by atoms with E-state index < -0.39 is 30.0 Å². The van der Waals surface area contributed by atoms with Gasteiger partial charge in [0, 0.05) is 6.54 Å². The van der Waals surface area contributed by atoms with Crippen molar-refractivity contribution in [2.24, 2.45) is 11.7 Å². The lowest BCUT2D eigenvalue weighted by molar-refractivity contribution is -0.149. The molecule has 0 aromatic heterocycles. The maximum absolute atomic E-state index is 12.9. The fraction of sp³-hybridized carbons (Fsp3) is 0.550. The van der Waals surface area contributed by atoms with Crippen LogP contribution in [-0.2, 0) is 20.8 Å². The fourth-order valence-electron chi connectivity index (χ4n) is 3.44. The molecule has 3 atom stereocenters. The van der Waals surface area contributed by atoms with Gasteiger partial charge in [-0.15, -0.1) is 0 Å². The van der Waals surface area contributed by atoms with E-state index in [-0.39, 0.29) is 24.0 Å². The minimum absolute atomic E-state index is 0.128. The number of amides is 2. The minimum atomic E-state index is -1.02.